The highest BCUT2D eigenvalue weighted by atomic mass is 32.2. The third-order valence-corrected chi connectivity index (χ3v) is 11.7. The van der Waals surface area contributed by atoms with Gasteiger partial charge in [-0.2, -0.15) is 4.58 Å². The number of carboxylic acid groups (broad SMARTS) is 1. The number of allylic oxidation sites excluding steroid dienone is 6. The number of benzene rings is 4. The van der Waals surface area contributed by atoms with E-state index in [2.05, 4.69) is 97.9 Å². The number of hydrogen-bond acceptors (Lipinski definition) is 6. The fourth-order valence-electron chi connectivity index (χ4n) is 8.43. The van der Waals surface area contributed by atoms with Crippen LogP contribution in [0, 0.1) is 0 Å². The molecule has 1 atom stereocenters. The number of fused-ring (bicyclic) bond motifs is 6. The maximum Gasteiger partial charge on any atom is 0.303 e. The van der Waals surface area contributed by atoms with Crippen LogP contribution in [0.3, 0.4) is 0 Å². The maximum absolute atomic E-state index is 12.2. The van der Waals surface area contributed by atoms with Crippen LogP contribution in [-0.4, -0.2) is 61.1 Å². The van der Waals surface area contributed by atoms with Crippen molar-refractivity contribution in [3.05, 3.63) is 114 Å². The highest BCUT2D eigenvalue weighted by molar-refractivity contribution is 7.86. The van der Waals surface area contributed by atoms with Crippen LogP contribution >= 0.6 is 0 Å². The molecule has 4 aromatic carbocycles. The molecule has 8 nitrogen and oxygen atoms in total. The minimum atomic E-state index is -4.67. The van der Waals surface area contributed by atoms with Gasteiger partial charge in [-0.3, -0.25) is 4.79 Å². The molecule has 0 aromatic heterocycles. The van der Waals surface area contributed by atoms with Gasteiger partial charge in [-0.1, -0.05) is 81.0 Å². The average molecular weight is 721 g/mol. The number of carbonyl (C=O) groups is 1. The lowest BCUT2D eigenvalue weighted by Crippen LogP contribution is -2.32. The zero-order valence-corrected chi connectivity index (χ0v) is 31.5. The number of ether oxygens (including phenoxy) is 1. The van der Waals surface area contributed by atoms with Gasteiger partial charge in [-0.15, -0.1) is 0 Å². The summed E-state index contributed by atoms with van der Waals surface area (Å²) < 4.78 is 44.6. The van der Waals surface area contributed by atoms with Crippen molar-refractivity contribution in [2.45, 2.75) is 75.5 Å². The van der Waals surface area contributed by atoms with Crippen molar-refractivity contribution in [2.75, 3.05) is 31.7 Å². The van der Waals surface area contributed by atoms with E-state index in [0.717, 1.165) is 48.1 Å². The smallest absolute Gasteiger partial charge is 0.303 e. The number of methoxy groups -OCH3 is 1. The molecule has 52 heavy (non-hydrogen) atoms. The molecule has 0 amide bonds. The Morgan fingerprint density at radius 3 is 2.40 bits per heavy atom. The predicted molar refractivity (Wildman–Crippen MR) is 208 cm³/mol. The molecule has 0 radical (unpaired) electrons. The zero-order valence-electron chi connectivity index (χ0n) is 30.7. The highest BCUT2D eigenvalue weighted by Gasteiger charge is 2.48. The van der Waals surface area contributed by atoms with Crippen LogP contribution in [0.5, 0.6) is 0 Å². The Morgan fingerprint density at radius 1 is 0.904 bits per heavy atom. The van der Waals surface area contributed by atoms with E-state index < -0.39 is 21.5 Å². The molecule has 6 rings (SSSR count). The van der Waals surface area contributed by atoms with Crippen LogP contribution < -0.4 is 4.90 Å². The molecule has 0 spiro atoms. The van der Waals surface area contributed by atoms with E-state index in [1.807, 2.05) is 18.2 Å². The molecule has 4 aromatic rings. The summed E-state index contributed by atoms with van der Waals surface area (Å²) in [6.45, 7) is 10.9. The lowest BCUT2D eigenvalue weighted by atomic mass is 9.75. The fourth-order valence-corrected chi connectivity index (χ4v) is 9.12. The molecule has 0 bridgehead atoms. The summed E-state index contributed by atoms with van der Waals surface area (Å²) in [5.41, 5.74) is 5.99. The number of nitrogens with zero attached hydrogens (tertiary/aromatic N) is 2. The first-order chi connectivity index (χ1) is 24.8. The molecule has 0 fully saturated rings. The van der Waals surface area contributed by atoms with Gasteiger partial charge in [-0.05, 0) is 84.5 Å². The lowest BCUT2D eigenvalue weighted by molar-refractivity contribution is -0.433. The summed E-state index contributed by atoms with van der Waals surface area (Å²) in [6.07, 6.45) is 13.7. The van der Waals surface area contributed by atoms with E-state index in [1.165, 1.54) is 33.8 Å². The van der Waals surface area contributed by atoms with Crippen LogP contribution in [-0.2, 0) is 30.5 Å². The Morgan fingerprint density at radius 2 is 1.67 bits per heavy atom. The van der Waals surface area contributed by atoms with Gasteiger partial charge < -0.3 is 19.3 Å². The summed E-state index contributed by atoms with van der Waals surface area (Å²) in [4.78, 5) is 13.2. The molecule has 0 saturated carbocycles. The Hall–Kier alpha value is -4.57. The second-order valence-corrected chi connectivity index (χ2v) is 15.8. The van der Waals surface area contributed by atoms with Crippen molar-refractivity contribution >= 4 is 54.7 Å². The van der Waals surface area contributed by atoms with E-state index in [1.54, 1.807) is 19.2 Å². The molecule has 2 aliphatic heterocycles. The van der Waals surface area contributed by atoms with E-state index in [0.29, 0.717) is 25.0 Å². The van der Waals surface area contributed by atoms with Gasteiger partial charge in [0.2, 0.25) is 5.69 Å². The van der Waals surface area contributed by atoms with Crippen LogP contribution in [0.25, 0.3) is 21.5 Å². The van der Waals surface area contributed by atoms with Crippen LogP contribution in [0.1, 0.15) is 70.9 Å². The van der Waals surface area contributed by atoms with Crippen molar-refractivity contribution < 1.29 is 32.2 Å². The Kier molecular flexibility index (Phi) is 10.6. The minimum absolute atomic E-state index is 0.136. The molecular weight excluding hydrogens is 673 g/mol. The van der Waals surface area contributed by atoms with Crippen LogP contribution in [0.15, 0.2) is 108 Å². The van der Waals surface area contributed by atoms with E-state index in [-0.39, 0.29) is 16.7 Å². The summed E-state index contributed by atoms with van der Waals surface area (Å²) in [5, 5.41) is 12.8. The first kappa shape index (κ1) is 37.2. The molecular formula is C43H48N2O6S. The van der Waals surface area contributed by atoms with Crippen molar-refractivity contribution in [3.63, 3.8) is 0 Å². The topological polar surface area (TPSA) is 110 Å². The normalized spacial score (nSPS) is 19.2. The third-order valence-electron chi connectivity index (χ3n) is 10.8. The maximum atomic E-state index is 12.2. The Bertz CT molecular complexity index is 2270. The van der Waals surface area contributed by atoms with E-state index >= 15 is 0 Å². The molecule has 1 N–H and O–H groups in total. The monoisotopic (exact) mass is 720 g/mol. The Balaban J connectivity index is 1.37. The Labute approximate surface area is 307 Å². The second-order valence-electron chi connectivity index (χ2n) is 14.4. The molecule has 9 heteroatoms. The molecule has 2 aliphatic rings. The summed E-state index contributed by atoms with van der Waals surface area (Å²) in [7, 11) is -2.92. The van der Waals surface area contributed by atoms with Crippen LogP contribution in [0.2, 0.25) is 0 Å². The number of rotatable bonds is 14. The van der Waals surface area contributed by atoms with E-state index in [4.69, 9.17) is 9.84 Å². The number of aliphatic carboxylic acids is 1. The standard InChI is InChI=1S/C43H48N2O6S/c1-6-44-35-25-23-30-16-12-13-17-31(30)41(35)43(4,27-29-51-5)38(44)21-10-7-9-20-37-42(2,3)40-33-18-15-19-36(52(48,49)50)32(33)24-26-34(40)45(37)28-14-8-11-22-39(46)47/h7,9-10,12-13,15-21,23-26H,6,8,11,14,22,27-29H2,1-5H3,(H-,46,47,48,49,50). The summed E-state index contributed by atoms with van der Waals surface area (Å²) in [5.74, 6) is -0.795. The van der Waals surface area contributed by atoms with Crippen molar-refractivity contribution in [3.8, 4) is 0 Å². The van der Waals surface area contributed by atoms with Gasteiger partial charge in [-0.25, -0.2) is 8.42 Å². The lowest BCUT2D eigenvalue weighted by Gasteiger charge is -2.27. The molecule has 272 valence electrons. The van der Waals surface area contributed by atoms with Gasteiger partial charge in [0.05, 0.1) is 10.3 Å². The predicted octanol–water partition coefficient (Wildman–Crippen LogP) is 8.75. The SMILES string of the molecule is CC[N+]1=C(/C=C/C=C/C=C2/N(CCCCCC(=O)O)c3ccc4c(S(=O)(=O)[O-])cccc4c3C2(C)C)C(C)(CCOC)c2c1ccc1ccccc21. The van der Waals surface area contributed by atoms with Crippen molar-refractivity contribution in [1.82, 2.24) is 0 Å². The number of anilines is 1. The highest BCUT2D eigenvalue weighted by Crippen LogP contribution is 2.51. The molecule has 0 saturated heterocycles. The van der Waals surface area contributed by atoms with Crippen LogP contribution in [0.4, 0.5) is 11.4 Å². The third kappa shape index (κ3) is 6.73. The van der Waals surface area contributed by atoms with Crippen molar-refractivity contribution in [2.24, 2.45) is 0 Å². The van der Waals surface area contributed by atoms with Gasteiger partial charge in [0.1, 0.15) is 16.7 Å². The van der Waals surface area contributed by atoms with Crippen molar-refractivity contribution in [1.29, 1.82) is 0 Å². The first-order valence-corrected chi connectivity index (χ1v) is 19.5. The van der Waals surface area contributed by atoms with Gasteiger partial charge in [0.25, 0.3) is 0 Å². The summed E-state index contributed by atoms with van der Waals surface area (Å²) in [6, 6.07) is 21.5. The van der Waals surface area contributed by atoms with Gasteiger partial charge in [0.15, 0.2) is 5.71 Å². The molecule has 2 heterocycles. The largest absolute Gasteiger partial charge is 0.744 e. The molecule has 1 unspecified atom stereocenters. The molecule has 0 aliphatic carbocycles. The number of hydrogen-bond donors (Lipinski definition) is 1. The minimum Gasteiger partial charge on any atom is -0.744 e. The van der Waals surface area contributed by atoms with E-state index in [9.17, 15) is 17.8 Å². The average Bonchev–Trinajstić information content (AvgIpc) is 3.49. The fraction of sp³-hybridized carbons (Fsp3) is 0.349. The number of unbranched alkanes of at least 4 members (excludes halogenated alkanes) is 2. The zero-order chi connectivity index (χ0) is 37.3. The second kappa shape index (κ2) is 14.8. The number of carboxylic acids is 1. The first-order valence-electron chi connectivity index (χ1n) is 18.1. The van der Waals surface area contributed by atoms with Gasteiger partial charge in [0, 0.05) is 61.2 Å². The van der Waals surface area contributed by atoms with Gasteiger partial charge >= 0.3 is 5.97 Å². The quantitative estimate of drug-likeness (QED) is 0.0601. The summed E-state index contributed by atoms with van der Waals surface area (Å²) >= 11 is 0.